The Kier molecular flexibility index (Phi) is 6.36. The summed E-state index contributed by atoms with van der Waals surface area (Å²) in [5.41, 5.74) is 2.39. The molecule has 0 fully saturated rings. The molecule has 0 spiro atoms. The number of hydrogen-bond acceptors (Lipinski definition) is 6. The standard InChI is InChI=1S/C16H20N4O2S2/c1-20(2)15-7-3-13(4-8-15)18-19-14-5-9-16(10-6-14)24(21,22)17-11-12-23/h3-10,17,23H,11-12H2,1-2H3. The van der Waals surface area contributed by atoms with Gasteiger partial charge in [0, 0.05) is 32.1 Å². The second-order valence-corrected chi connectivity index (χ2v) is 7.44. The van der Waals surface area contributed by atoms with E-state index < -0.39 is 10.0 Å². The summed E-state index contributed by atoms with van der Waals surface area (Å²) in [6, 6.07) is 13.9. The van der Waals surface area contributed by atoms with Crippen LogP contribution in [0.3, 0.4) is 0 Å². The van der Waals surface area contributed by atoms with Crippen molar-refractivity contribution in [2.75, 3.05) is 31.3 Å². The summed E-state index contributed by atoms with van der Waals surface area (Å²) in [5, 5.41) is 8.27. The summed E-state index contributed by atoms with van der Waals surface area (Å²) in [6.07, 6.45) is 0. The summed E-state index contributed by atoms with van der Waals surface area (Å²) < 4.78 is 26.4. The maximum absolute atomic E-state index is 12.0. The van der Waals surface area contributed by atoms with Crippen molar-refractivity contribution < 1.29 is 8.42 Å². The minimum absolute atomic E-state index is 0.193. The summed E-state index contributed by atoms with van der Waals surface area (Å²) in [6.45, 7) is 0.288. The lowest BCUT2D eigenvalue weighted by Gasteiger charge is -2.11. The van der Waals surface area contributed by atoms with E-state index in [1.807, 2.05) is 43.3 Å². The van der Waals surface area contributed by atoms with Crippen molar-refractivity contribution >= 4 is 39.7 Å². The van der Waals surface area contributed by atoms with Crippen molar-refractivity contribution in [1.29, 1.82) is 0 Å². The summed E-state index contributed by atoms with van der Waals surface area (Å²) in [5.74, 6) is 0.443. The third-order valence-corrected chi connectivity index (χ3v) is 4.90. The molecular formula is C16H20N4O2S2. The van der Waals surface area contributed by atoms with Gasteiger partial charge in [0.05, 0.1) is 16.3 Å². The molecule has 0 radical (unpaired) electrons. The van der Waals surface area contributed by atoms with Crippen LogP contribution in [0, 0.1) is 0 Å². The molecule has 0 saturated heterocycles. The smallest absolute Gasteiger partial charge is 0.240 e. The molecule has 0 aliphatic carbocycles. The van der Waals surface area contributed by atoms with Crippen LogP contribution in [0.4, 0.5) is 17.1 Å². The Hall–Kier alpha value is -1.90. The second-order valence-electron chi connectivity index (χ2n) is 5.23. The maximum atomic E-state index is 12.0. The summed E-state index contributed by atoms with van der Waals surface area (Å²) in [4.78, 5) is 2.19. The zero-order chi connectivity index (χ0) is 17.6. The van der Waals surface area contributed by atoms with E-state index in [2.05, 4.69) is 27.6 Å². The molecule has 128 valence electrons. The first-order valence-corrected chi connectivity index (χ1v) is 9.43. The lowest BCUT2D eigenvalue weighted by atomic mass is 10.3. The third-order valence-electron chi connectivity index (χ3n) is 3.20. The Morgan fingerprint density at radius 1 is 0.958 bits per heavy atom. The molecule has 0 bridgehead atoms. The number of nitrogens with one attached hydrogen (secondary N) is 1. The summed E-state index contributed by atoms with van der Waals surface area (Å²) >= 11 is 3.98. The maximum Gasteiger partial charge on any atom is 0.240 e. The number of sulfonamides is 1. The molecule has 0 saturated carbocycles. The highest BCUT2D eigenvalue weighted by Crippen LogP contribution is 2.22. The molecule has 2 aromatic rings. The first kappa shape index (κ1) is 18.4. The van der Waals surface area contributed by atoms with Gasteiger partial charge in [0.15, 0.2) is 0 Å². The average Bonchev–Trinajstić information content (AvgIpc) is 2.59. The number of anilines is 1. The Bertz CT molecular complexity index is 786. The van der Waals surface area contributed by atoms with E-state index in [9.17, 15) is 8.42 Å². The van der Waals surface area contributed by atoms with Gasteiger partial charge in [-0.2, -0.15) is 22.9 Å². The number of nitrogens with zero attached hydrogens (tertiary/aromatic N) is 3. The van der Waals surface area contributed by atoms with Gasteiger partial charge in [0.25, 0.3) is 0 Å². The molecule has 8 heteroatoms. The van der Waals surface area contributed by atoms with Gasteiger partial charge in [0.2, 0.25) is 10.0 Å². The molecule has 24 heavy (non-hydrogen) atoms. The van der Waals surface area contributed by atoms with E-state index in [0.29, 0.717) is 11.4 Å². The van der Waals surface area contributed by atoms with Crippen molar-refractivity contribution in [3.8, 4) is 0 Å². The van der Waals surface area contributed by atoms with Crippen LogP contribution in [0.15, 0.2) is 63.7 Å². The molecule has 1 N–H and O–H groups in total. The van der Waals surface area contributed by atoms with Gasteiger partial charge in [-0.15, -0.1) is 0 Å². The third kappa shape index (κ3) is 5.05. The van der Waals surface area contributed by atoms with E-state index in [4.69, 9.17) is 0 Å². The van der Waals surface area contributed by atoms with Gasteiger partial charge in [-0.3, -0.25) is 0 Å². The molecule has 0 amide bonds. The van der Waals surface area contributed by atoms with E-state index in [1.165, 1.54) is 12.1 Å². The van der Waals surface area contributed by atoms with Gasteiger partial charge < -0.3 is 4.90 Å². The monoisotopic (exact) mass is 364 g/mol. The first-order valence-electron chi connectivity index (χ1n) is 7.32. The molecular weight excluding hydrogens is 344 g/mol. The van der Waals surface area contributed by atoms with Crippen molar-refractivity contribution in [3.05, 3.63) is 48.5 Å². The predicted molar refractivity (Wildman–Crippen MR) is 100 cm³/mol. The number of azo groups is 1. The van der Waals surface area contributed by atoms with Gasteiger partial charge >= 0.3 is 0 Å². The van der Waals surface area contributed by atoms with E-state index >= 15 is 0 Å². The van der Waals surface area contributed by atoms with Crippen LogP contribution in [0.2, 0.25) is 0 Å². The van der Waals surface area contributed by atoms with Crippen LogP contribution in [0.1, 0.15) is 0 Å². The van der Waals surface area contributed by atoms with Crippen LogP contribution in [-0.4, -0.2) is 34.8 Å². The van der Waals surface area contributed by atoms with Crippen LogP contribution in [0.25, 0.3) is 0 Å². The molecule has 0 unspecified atom stereocenters. The first-order chi connectivity index (χ1) is 11.4. The molecule has 6 nitrogen and oxygen atoms in total. The fourth-order valence-corrected chi connectivity index (χ4v) is 3.18. The fraction of sp³-hybridized carbons (Fsp3) is 0.250. The van der Waals surface area contributed by atoms with Gasteiger partial charge in [0.1, 0.15) is 0 Å². The number of hydrogen-bond donors (Lipinski definition) is 2. The van der Waals surface area contributed by atoms with Crippen molar-refractivity contribution in [1.82, 2.24) is 4.72 Å². The number of rotatable bonds is 7. The van der Waals surface area contributed by atoms with Gasteiger partial charge in [-0.25, -0.2) is 13.1 Å². The Labute approximate surface area is 148 Å². The van der Waals surface area contributed by atoms with Gasteiger partial charge in [-0.05, 0) is 48.5 Å². The largest absolute Gasteiger partial charge is 0.378 e. The lowest BCUT2D eigenvalue weighted by Crippen LogP contribution is -2.25. The second kappa shape index (κ2) is 8.27. The van der Waals surface area contributed by atoms with Crippen LogP contribution < -0.4 is 9.62 Å². The fourth-order valence-electron chi connectivity index (χ4n) is 1.89. The minimum atomic E-state index is -3.50. The molecule has 2 rings (SSSR count). The molecule has 0 aliphatic heterocycles. The topological polar surface area (TPSA) is 74.1 Å². The zero-order valence-corrected chi connectivity index (χ0v) is 15.3. The highest BCUT2D eigenvalue weighted by molar-refractivity contribution is 7.89. The predicted octanol–water partition coefficient (Wildman–Crippen LogP) is 3.38. The molecule has 0 heterocycles. The normalized spacial score (nSPS) is 11.8. The van der Waals surface area contributed by atoms with Crippen LogP contribution in [-0.2, 0) is 10.0 Å². The Morgan fingerprint density at radius 2 is 1.46 bits per heavy atom. The van der Waals surface area contributed by atoms with E-state index in [0.717, 1.165) is 11.4 Å². The zero-order valence-electron chi connectivity index (χ0n) is 13.5. The molecule has 0 aromatic heterocycles. The Morgan fingerprint density at radius 3 is 1.92 bits per heavy atom. The van der Waals surface area contributed by atoms with Crippen molar-refractivity contribution in [2.45, 2.75) is 4.90 Å². The lowest BCUT2D eigenvalue weighted by molar-refractivity contribution is 0.584. The molecule has 0 aliphatic rings. The Balaban J connectivity index is 2.08. The van der Waals surface area contributed by atoms with Crippen LogP contribution >= 0.6 is 12.6 Å². The quantitative estimate of drug-likeness (QED) is 0.584. The number of benzene rings is 2. The minimum Gasteiger partial charge on any atom is -0.378 e. The number of thiol groups is 1. The average molecular weight is 364 g/mol. The van der Waals surface area contributed by atoms with Crippen molar-refractivity contribution in [3.63, 3.8) is 0 Å². The van der Waals surface area contributed by atoms with E-state index in [1.54, 1.807) is 12.1 Å². The highest BCUT2D eigenvalue weighted by atomic mass is 32.2. The van der Waals surface area contributed by atoms with Gasteiger partial charge in [-0.1, -0.05) is 0 Å². The summed E-state index contributed by atoms with van der Waals surface area (Å²) in [7, 11) is 0.444. The molecule has 2 aromatic carbocycles. The van der Waals surface area contributed by atoms with Crippen LogP contribution in [0.5, 0.6) is 0 Å². The molecule has 0 atom stereocenters. The van der Waals surface area contributed by atoms with E-state index in [-0.39, 0.29) is 11.4 Å². The highest BCUT2D eigenvalue weighted by Gasteiger charge is 2.12. The SMILES string of the molecule is CN(C)c1ccc(N=Nc2ccc(S(=O)(=O)NCCS)cc2)cc1. The van der Waals surface area contributed by atoms with Crippen molar-refractivity contribution in [2.24, 2.45) is 10.2 Å².